The summed E-state index contributed by atoms with van der Waals surface area (Å²) in [7, 11) is 0. The Bertz CT molecular complexity index is 3610. The van der Waals surface area contributed by atoms with Crippen molar-refractivity contribution in [3.8, 4) is 33.4 Å². The van der Waals surface area contributed by atoms with Crippen molar-refractivity contribution >= 4 is 39.0 Å². The van der Waals surface area contributed by atoms with Gasteiger partial charge >= 0.3 is 0 Å². The van der Waals surface area contributed by atoms with Gasteiger partial charge in [0, 0.05) is 33.8 Å². The van der Waals surface area contributed by atoms with Crippen LogP contribution in [0.4, 0.5) is 17.1 Å². The lowest BCUT2D eigenvalue weighted by atomic mass is 9.67. The molecule has 14 rings (SSSR count). The van der Waals surface area contributed by atoms with E-state index < -0.39 is 10.8 Å². The summed E-state index contributed by atoms with van der Waals surface area (Å²) in [6.07, 6.45) is 0. The van der Waals surface area contributed by atoms with Crippen molar-refractivity contribution in [2.75, 3.05) is 4.90 Å². The molecule has 1 heterocycles. The fourth-order valence-corrected chi connectivity index (χ4v) is 12.2. The Labute approximate surface area is 372 Å². The maximum absolute atomic E-state index is 6.66. The van der Waals surface area contributed by atoms with Gasteiger partial charge in [0.15, 0.2) is 0 Å². The third-order valence-corrected chi connectivity index (χ3v) is 14.6. The number of benzene rings is 10. The summed E-state index contributed by atoms with van der Waals surface area (Å²) in [5.74, 6) is 0. The third kappa shape index (κ3) is 4.49. The highest BCUT2D eigenvalue weighted by atomic mass is 16.3. The van der Waals surface area contributed by atoms with Gasteiger partial charge in [-0.05, 0) is 109 Å². The van der Waals surface area contributed by atoms with E-state index in [1.165, 1.54) is 77.9 Å². The smallest absolute Gasteiger partial charge is 0.137 e. The Hall–Kier alpha value is -8.20. The highest BCUT2D eigenvalue weighted by Crippen LogP contribution is 2.65. The van der Waals surface area contributed by atoms with E-state index in [4.69, 9.17) is 4.42 Å². The van der Waals surface area contributed by atoms with Crippen LogP contribution in [0, 0.1) is 0 Å². The lowest BCUT2D eigenvalue weighted by Crippen LogP contribution is -2.28. The predicted octanol–water partition coefficient (Wildman–Crippen LogP) is 15.8. The molecule has 298 valence electrons. The number of hydrogen-bond acceptors (Lipinski definition) is 2. The molecule has 0 atom stereocenters. The third-order valence-electron chi connectivity index (χ3n) is 14.6. The second kappa shape index (κ2) is 13.2. The summed E-state index contributed by atoms with van der Waals surface area (Å²) in [6, 6.07) is 87.7. The van der Waals surface area contributed by atoms with Crippen LogP contribution in [0.1, 0.15) is 44.5 Å². The minimum Gasteiger partial charge on any atom is -0.456 e. The van der Waals surface area contributed by atoms with Crippen molar-refractivity contribution in [1.29, 1.82) is 0 Å². The van der Waals surface area contributed by atoms with E-state index >= 15 is 0 Å². The molecular weight excluding hydrogens is 775 g/mol. The van der Waals surface area contributed by atoms with Crippen LogP contribution >= 0.6 is 0 Å². The molecule has 0 saturated carbocycles. The van der Waals surface area contributed by atoms with E-state index in [1.807, 2.05) is 6.07 Å². The van der Waals surface area contributed by atoms with E-state index in [-0.39, 0.29) is 0 Å². The topological polar surface area (TPSA) is 16.4 Å². The quantitative estimate of drug-likeness (QED) is 0.172. The molecule has 1 spiro atoms. The lowest BCUT2D eigenvalue weighted by molar-refractivity contribution is 0.669. The molecule has 3 aliphatic carbocycles. The summed E-state index contributed by atoms with van der Waals surface area (Å²) in [4.78, 5) is 2.50. The fourth-order valence-electron chi connectivity index (χ4n) is 12.2. The molecule has 64 heavy (non-hydrogen) atoms. The Balaban J connectivity index is 1.08. The number of fused-ring (bicyclic) bond motifs is 16. The molecule has 2 nitrogen and oxygen atoms in total. The van der Waals surface area contributed by atoms with Crippen LogP contribution in [0.15, 0.2) is 241 Å². The lowest BCUT2D eigenvalue weighted by Gasteiger charge is -2.35. The minimum atomic E-state index is -0.550. The zero-order valence-electron chi connectivity index (χ0n) is 34.9. The molecule has 0 aliphatic heterocycles. The Morgan fingerprint density at radius 2 is 0.766 bits per heavy atom. The molecule has 0 unspecified atom stereocenters. The number of para-hydroxylation sites is 1. The van der Waals surface area contributed by atoms with Crippen LogP contribution in [0.3, 0.4) is 0 Å². The van der Waals surface area contributed by atoms with Gasteiger partial charge in [0.05, 0.1) is 16.5 Å². The molecule has 10 aromatic carbocycles. The maximum atomic E-state index is 6.66. The van der Waals surface area contributed by atoms with Gasteiger partial charge in [0.2, 0.25) is 0 Å². The van der Waals surface area contributed by atoms with E-state index in [9.17, 15) is 0 Å². The van der Waals surface area contributed by atoms with Crippen molar-refractivity contribution in [3.63, 3.8) is 0 Å². The first-order valence-corrected chi connectivity index (χ1v) is 22.3. The van der Waals surface area contributed by atoms with Gasteiger partial charge in [0.1, 0.15) is 11.2 Å². The largest absolute Gasteiger partial charge is 0.456 e. The summed E-state index contributed by atoms with van der Waals surface area (Å²) >= 11 is 0. The second-order valence-corrected chi connectivity index (χ2v) is 17.5. The summed E-state index contributed by atoms with van der Waals surface area (Å²) in [5, 5.41) is 2.23. The molecule has 0 N–H and O–H groups in total. The van der Waals surface area contributed by atoms with Crippen LogP contribution in [0.25, 0.3) is 55.3 Å². The molecule has 0 saturated heterocycles. The highest BCUT2D eigenvalue weighted by molar-refractivity contribution is 6.07. The Morgan fingerprint density at radius 1 is 0.297 bits per heavy atom. The molecule has 3 aliphatic rings. The monoisotopic (exact) mass is 813 g/mol. The molecule has 1 aromatic heterocycles. The first-order chi connectivity index (χ1) is 31.8. The predicted molar refractivity (Wildman–Crippen MR) is 262 cm³/mol. The average Bonchev–Trinajstić information content (AvgIpc) is 4.07. The first kappa shape index (κ1) is 35.4. The molecule has 2 heteroatoms. The summed E-state index contributed by atoms with van der Waals surface area (Å²) < 4.78 is 6.66. The molecular formula is C62H39NO. The standard InChI is InChI=1S/C62H39NO/c1-3-18-40(19-4-1)61(41-20-5-2-6-21-41)51-27-12-7-24-46(51)47-36-34-42(38-56(47)61)63(43-35-37-49-48-25-11-16-33-58(48)64-59(49)39-43)57-32-17-31-55-60(57)50-26-10-15-30-54(50)62(55)52-28-13-8-22-44(52)45-23-9-14-29-53(45)62/h1-39H. The zero-order chi connectivity index (χ0) is 42.0. The van der Waals surface area contributed by atoms with Crippen molar-refractivity contribution in [2.24, 2.45) is 0 Å². The van der Waals surface area contributed by atoms with Gasteiger partial charge in [-0.2, -0.15) is 0 Å². The highest BCUT2D eigenvalue weighted by Gasteiger charge is 2.52. The van der Waals surface area contributed by atoms with Gasteiger partial charge in [-0.25, -0.2) is 0 Å². The first-order valence-electron chi connectivity index (χ1n) is 22.3. The van der Waals surface area contributed by atoms with Gasteiger partial charge in [-0.1, -0.05) is 194 Å². The van der Waals surface area contributed by atoms with Crippen LogP contribution in [0.2, 0.25) is 0 Å². The number of anilines is 3. The van der Waals surface area contributed by atoms with E-state index in [0.717, 1.165) is 39.0 Å². The number of nitrogens with zero attached hydrogens (tertiary/aromatic N) is 1. The molecule has 0 fully saturated rings. The van der Waals surface area contributed by atoms with E-state index in [0.29, 0.717) is 0 Å². The van der Waals surface area contributed by atoms with Crippen LogP contribution in [0.5, 0.6) is 0 Å². The average molecular weight is 814 g/mol. The zero-order valence-corrected chi connectivity index (χ0v) is 34.9. The second-order valence-electron chi connectivity index (χ2n) is 17.5. The van der Waals surface area contributed by atoms with Crippen molar-refractivity contribution in [2.45, 2.75) is 10.8 Å². The fraction of sp³-hybridized carbons (Fsp3) is 0.0323. The number of hydrogen-bond donors (Lipinski definition) is 0. The van der Waals surface area contributed by atoms with Crippen LogP contribution < -0.4 is 4.90 Å². The maximum Gasteiger partial charge on any atom is 0.137 e. The normalized spacial score (nSPS) is 14.2. The van der Waals surface area contributed by atoms with Gasteiger partial charge in [0.25, 0.3) is 0 Å². The molecule has 0 amide bonds. The van der Waals surface area contributed by atoms with Crippen LogP contribution in [-0.4, -0.2) is 0 Å². The SMILES string of the molecule is c1ccc(C2(c3ccccc3)c3ccccc3-c3ccc(N(c4ccc5c(c4)oc4ccccc45)c4cccc5c4-c4ccccc4C54c5ccccc5-c5ccccc54)cc32)cc1. The van der Waals surface area contributed by atoms with E-state index in [2.05, 4.69) is 235 Å². The van der Waals surface area contributed by atoms with Crippen molar-refractivity contribution in [1.82, 2.24) is 0 Å². The van der Waals surface area contributed by atoms with Crippen molar-refractivity contribution < 1.29 is 4.42 Å². The molecule has 0 radical (unpaired) electrons. The Kier molecular flexibility index (Phi) is 7.28. The molecule has 0 bridgehead atoms. The number of rotatable bonds is 5. The molecule has 11 aromatic rings. The van der Waals surface area contributed by atoms with Gasteiger partial charge in [-0.15, -0.1) is 0 Å². The van der Waals surface area contributed by atoms with Gasteiger partial charge < -0.3 is 9.32 Å². The summed E-state index contributed by atoms with van der Waals surface area (Å²) in [6.45, 7) is 0. The van der Waals surface area contributed by atoms with Crippen molar-refractivity contribution in [3.05, 3.63) is 281 Å². The van der Waals surface area contributed by atoms with E-state index in [1.54, 1.807) is 0 Å². The Morgan fingerprint density at radius 3 is 1.42 bits per heavy atom. The number of furan rings is 1. The van der Waals surface area contributed by atoms with Gasteiger partial charge in [-0.3, -0.25) is 0 Å². The van der Waals surface area contributed by atoms with Crippen LogP contribution in [-0.2, 0) is 10.8 Å². The minimum absolute atomic E-state index is 0.473. The summed E-state index contributed by atoms with van der Waals surface area (Å²) in [5.41, 5.74) is 21.9.